The zero-order valence-electron chi connectivity index (χ0n) is 24.8. The molecule has 4 aliphatic heterocycles. The topological polar surface area (TPSA) is 140 Å². The first-order valence-corrected chi connectivity index (χ1v) is 16.6. The van der Waals surface area contributed by atoms with Gasteiger partial charge in [-0.25, -0.2) is 0 Å². The maximum Gasteiger partial charge on any atom is 0.320 e. The van der Waals surface area contributed by atoms with Gasteiger partial charge < -0.3 is 30.3 Å². The highest BCUT2D eigenvalue weighted by molar-refractivity contribution is 7.16. The maximum atomic E-state index is 10.5. The lowest BCUT2D eigenvalue weighted by molar-refractivity contribution is -0.0135. The monoisotopic (exact) mass is 601 g/mol. The molecule has 2 aliphatic carbocycles. The van der Waals surface area contributed by atoms with Crippen molar-refractivity contribution in [1.82, 2.24) is 20.2 Å². The average molecular weight is 602 g/mol. The van der Waals surface area contributed by atoms with Crippen LogP contribution in [0.15, 0.2) is 0 Å². The molecular formula is C31H39N9O2S. The van der Waals surface area contributed by atoms with Crippen LogP contribution in [0.25, 0.3) is 0 Å². The molecule has 0 radical (unpaired) electrons. The highest BCUT2D eigenvalue weighted by atomic mass is 32.1. The Hall–Kier alpha value is -3.16. The number of nitrogens with two attached hydrogens (primary N) is 1. The number of hydrogen-bond acceptors (Lipinski definition) is 12. The molecular weight excluding hydrogens is 562 g/mol. The van der Waals surface area contributed by atoms with Crippen molar-refractivity contribution in [3.8, 4) is 18.1 Å². The minimum Gasteiger partial charge on any atom is -0.463 e. The molecule has 8 rings (SSSR count). The number of aryl methyl sites for hydroxylation is 1. The molecule has 2 aromatic heterocycles. The van der Waals surface area contributed by atoms with Crippen LogP contribution in [0.3, 0.4) is 0 Å². The summed E-state index contributed by atoms with van der Waals surface area (Å²) in [5, 5.41) is 24.7. The Morgan fingerprint density at radius 3 is 2.47 bits per heavy atom. The van der Waals surface area contributed by atoms with Crippen LogP contribution < -0.4 is 25.6 Å². The zero-order valence-corrected chi connectivity index (χ0v) is 25.6. The smallest absolute Gasteiger partial charge is 0.320 e. The van der Waals surface area contributed by atoms with E-state index < -0.39 is 0 Å². The van der Waals surface area contributed by atoms with Gasteiger partial charge in [-0.1, -0.05) is 0 Å². The van der Waals surface area contributed by atoms with Crippen molar-refractivity contribution in [3.63, 3.8) is 0 Å². The van der Waals surface area contributed by atoms with Crippen LogP contribution in [0.1, 0.15) is 60.6 Å². The second-order valence-electron chi connectivity index (χ2n) is 13.8. The quantitative estimate of drug-likeness (QED) is 0.484. The standard InChI is InChI=1S/C31H39N9O2S/c1-19-14-41-9-8-38(19)15-30(6-7-30)18-42-29-36-27(39-12-20-2-3-21(13-39)35-20)23(11-33)28(37-29)40-16-31(17-40)5-4-24-25(31)22(10-32)26(34)43-24/h19-21,35H,2-9,12-18,34H2,1H3/t19-,20-,21+/m0/s1. The van der Waals surface area contributed by atoms with Crippen molar-refractivity contribution < 1.29 is 9.47 Å². The van der Waals surface area contributed by atoms with E-state index in [0.29, 0.717) is 71.6 Å². The van der Waals surface area contributed by atoms with Crippen LogP contribution >= 0.6 is 11.3 Å². The Morgan fingerprint density at radius 2 is 1.79 bits per heavy atom. The number of nitrogens with zero attached hydrogens (tertiary/aromatic N) is 7. The van der Waals surface area contributed by atoms with Crippen molar-refractivity contribution in [2.24, 2.45) is 5.41 Å². The van der Waals surface area contributed by atoms with E-state index in [1.54, 1.807) is 11.3 Å². The first-order chi connectivity index (χ1) is 20.9. The predicted octanol–water partition coefficient (Wildman–Crippen LogP) is 2.39. The summed E-state index contributed by atoms with van der Waals surface area (Å²) in [7, 11) is 0. The fourth-order valence-corrected chi connectivity index (χ4v) is 9.29. The van der Waals surface area contributed by atoms with Gasteiger partial charge in [0.05, 0.1) is 25.4 Å². The van der Waals surface area contributed by atoms with Gasteiger partial charge in [-0.15, -0.1) is 11.3 Å². The number of piperazine rings is 1. The third-order valence-electron chi connectivity index (χ3n) is 10.8. The highest BCUT2D eigenvalue weighted by Gasteiger charge is 2.52. The van der Waals surface area contributed by atoms with Gasteiger partial charge >= 0.3 is 6.01 Å². The molecule has 2 bridgehead atoms. The van der Waals surface area contributed by atoms with Gasteiger partial charge in [0.2, 0.25) is 0 Å². The molecule has 1 saturated carbocycles. The summed E-state index contributed by atoms with van der Waals surface area (Å²) < 4.78 is 12.1. The molecule has 0 unspecified atom stereocenters. The number of nitrogen functional groups attached to an aromatic ring is 1. The maximum absolute atomic E-state index is 10.5. The van der Waals surface area contributed by atoms with Crippen molar-refractivity contribution in [1.29, 1.82) is 10.5 Å². The van der Waals surface area contributed by atoms with E-state index in [4.69, 9.17) is 25.2 Å². The van der Waals surface area contributed by atoms with Crippen molar-refractivity contribution in [3.05, 3.63) is 21.6 Å². The fourth-order valence-electron chi connectivity index (χ4n) is 8.15. The summed E-state index contributed by atoms with van der Waals surface area (Å²) in [5.41, 5.74) is 8.52. The molecule has 6 aliphatic rings. The van der Waals surface area contributed by atoms with E-state index in [1.807, 2.05) is 0 Å². The first kappa shape index (κ1) is 27.4. The van der Waals surface area contributed by atoms with Crippen LogP contribution in [0.4, 0.5) is 16.6 Å². The number of nitriles is 2. The molecule has 6 heterocycles. The second kappa shape index (κ2) is 10.2. The van der Waals surface area contributed by atoms with Gasteiger partial charge in [-0.2, -0.15) is 20.5 Å². The normalized spacial score (nSPS) is 28.3. The number of rotatable bonds is 7. The SMILES string of the molecule is C[C@H]1COCCN1CC1(COc2nc(N3C[C@H]4CC[C@@H](C3)N4)c(C#N)c(N3CC4(CCc5sc(N)c(C#N)c54)C3)n2)CC1. The number of anilines is 3. The number of nitrogens with one attached hydrogen (secondary N) is 1. The van der Waals surface area contributed by atoms with E-state index in [1.165, 1.54) is 4.88 Å². The lowest BCUT2D eigenvalue weighted by atomic mass is 9.74. The van der Waals surface area contributed by atoms with Crippen LogP contribution in [-0.2, 0) is 16.6 Å². The summed E-state index contributed by atoms with van der Waals surface area (Å²) in [4.78, 5) is 18.1. The number of thiophene rings is 1. The van der Waals surface area contributed by atoms with Crippen LogP contribution in [0.5, 0.6) is 6.01 Å². The summed E-state index contributed by atoms with van der Waals surface area (Å²) in [6, 6.07) is 6.45. The van der Waals surface area contributed by atoms with Crippen LogP contribution in [0, 0.1) is 28.1 Å². The molecule has 5 fully saturated rings. The fraction of sp³-hybridized carbons (Fsp3) is 0.677. The Morgan fingerprint density at radius 1 is 1.07 bits per heavy atom. The summed E-state index contributed by atoms with van der Waals surface area (Å²) in [6.07, 6.45) is 6.50. The minimum absolute atomic E-state index is 0.116. The molecule has 1 spiro atoms. The molecule has 4 saturated heterocycles. The van der Waals surface area contributed by atoms with Gasteiger partial charge in [0.15, 0.2) is 11.6 Å². The number of ether oxygens (including phenoxy) is 2. The predicted molar refractivity (Wildman–Crippen MR) is 164 cm³/mol. The van der Waals surface area contributed by atoms with Gasteiger partial charge in [0.1, 0.15) is 22.7 Å². The highest BCUT2D eigenvalue weighted by Crippen LogP contribution is 2.53. The molecule has 43 heavy (non-hydrogen) atoms. The minimum atomic E-state index is -0.117. The Labute approximate surface area is 256 Å². The molecule has 11 nitrogen and oxygen atoms in total. The van der Waals surface area contributed by atoms with Crippen molar-refractivity contribution in [2.45, 2.75) is 69.0 Å². The third kappa shape index (κ3) is 4.62. The number of morpholine rings is 1. The van der Waals surface area contributed by atoms with E-state index >= 15 is 0 Å². The lowest BCUT2D eigenvalue weighted by Gasteiger charge is -2.49. The number of fused-ring (bicyclic) bond motifs is 4. The van der Waals surface area contributed by atoms with E-state index in [9.17, 15) is 10.5 Å². The second-order valence-corrected chi connectivity index (χ2v) is 14.9. The Kier molecular flexibility index (Phi) is 6.50. The molecule has 226 valence electrons. The van der Waals surface area contributed by atoms with Crippen molar-refractivity contribution in [2.75, 3.05) is 74.6 Å². The molecule has 0 aromatic carbocycles. The van der Waals surface area contributed by atoms with Crippen LogP contribution in [-0.4, -0.2) is 92.1 Å². The molecule has 2 aromatic rings. The van der Waals surface area contributed by atoms with E-state index in [-0.39, 0.29) is 10.8 Å². The zero-order chi connectivity index (χ0) is 29.3. The summed E-state index contributed by atoms with van der Waals surface area (Å²) in [6.45, 7) is 9.39. The van der Waals surface area contributed by atoms with Gasteiger partial charge in [0, 0.05) is 73.1 Å². The molecule has 12 heteroatoms. The third-order valence-corrected chi connectivity index (χ3v) is 11.8. The van der Waals surface area contributed by atoms with E-state index in [2.05, 4.69) is 39.1 Å². The van der Waals surface area contributed by atoms with Gasteiger partial charge in [-0.3, -0.25) is 4.90 Å². The summed E-state index contributed by atoms with van der Waals surface area (Å²) >= 11 is 1.56. The number of aromatic nitrogens is 2. The van der Waals surface area contributed by atoms with Gasteiger partial charge in [0.25, 0.3) is 0 Å². The first-order valence-electron chi connectivity index (χ1n) is 15.7. The average Bonchev–Trinajstić information content (AvgIpc) is 3.37. The van der Waals surface area contributed by atoms with Crippen LogP contribution in [0.2, 0.25) is 0 Å². The molecule has 3 N–H and O–H groups in total. The molecule has 0 amide bonds. The Balaban J connectivity index is 1.08. The molecule has 3 atom stereocenters. The largest absolute Gasteiger partial charge is 0.463 e. The summed E-state index contributed by atoms with van der Waals surface area (Å²) in [5.74, 6) is 1.35. The van der Waals surface area contributed by atoms with E-state index in [0.717, 1.165) is 83.5 Å². The van der Waals surface area contributed by atoms with Gasteiger partial charge in [-0.05, 0) is 51.0 Å². The lowest BCUT2D eigenvalue weighted by Crippen LogP contribution is -2.59. The van der Waals surface area contributed by atoms with Crippen molar-refractivity contribution >= 4 is 28.0 Å². The number of hydrogen-bond donors (Lipinski definition) is 2. The Bertz CT molecular complexity index is 1510.